The second-order valence-electron chi connectivity index (χ2n) is 7.07. The zero-order valence-corrected chi connectivity index (χ0v) is 15.4. The van der Waals surface area contributed by atoms with Gasteiger partial charge in [0.25, 0.3) is 5.56 Å². The van der Waals surface area contributed by atoms with Crippen molar-refractivity contribution in [1.82, 2.24) is 24.4 Å². The van der Waals surface area contributed by atoms with E-state index in [1.54, 1.807) is 6.07 Å². The number of rotatable bonds is 4. The number of para-hydroxylation sites is 2. The fourth-order valence-corrected chi connectivity index (χ4v) is 4.00. The summed E-state index contributed by atoms with van der Waals surface area (Å²) in [6.45, 7) is 7.83. The van der Waals surface area contributed by atoms with Crippen molar-refractivity contribution in [2.45, 2.75) is 45.7 Å². The Morgan fingerprint density at radius 3 is 2.69 bits per heavy atom. The molecule has 6 nitrogen and oxygen atoms in total. The van der Waals surface area contributed by atoms with Gasteiger partial charge >= 0.3 is 0 Å². The predicted octanol–water partition coefficient (Wildman–Crippen LogP) is 2.83. The van der Waals surface area contributed by atoms with Crippen LogP contribution in [0.4, 0.5) is 0 Å². The van der Waals surface area contributed by atoms with Crippen LogP contribution in [-0.4, -0.2) is 37.5 Å². The molecule has 1 saturated heterocycles. The zero-order chi connectivity index (χ0) is 18.1. The lowest BCUT2D eigenvalue weighted by Gasteiger charge is -2.31. The summed E-state index contributed by atoms with van der Waals surface area (Å²) in [5.74, 6) is 2.21. The number of aromatic amines is 1. The molecule has 2 aromatic heterocycles. The number of benzene rings is 1. The maximum Gasteiger partial charge on any atom is 0.251 e. The van der Waals surface area contributed by atoms with Crippen LogP contribution in [0.25, 0.3) is 11.0 Å². The number of hydrogen-bond donors (Lipinski definition) is 1. The third-order valence-electron chi connectivity index (χ3n) is 5.30. The van der Waals surface area contributed by atoms with Gasteiger partial charge in [0, 0.05) is 18.5 Å². The molecule has 136 valence electrons. The van der Waals surface area contributed by atoms with Crippen molar-refractivity contribution >= 4 is 11.0 Å². The summed E-state index contributed by atoms with van der Waals surface area (Å²) in [6.07, 6.45) is 2.06. The number of H-pyrrole nitrogens is 1. The number of aryl methyl sites for hydroxylation is 2. The predicted molar refractivity (Wildman–Crippen MR) is 102 cm³/mol. The maximum absolute atomic E-state index is 11.7. The molecule has 0 atom stereocenters. The number of nitrogens with zero attached hydrogens (tertiary/aromatic N) is 4. The summed E-state index contributed by atoms with van der Waals surface area (Å²) in [5, 5.41) is 0. The molecule has 4 rings (SSSR count). The van der Waals surface area contributed by atoms with Crippen molar-refractivity contribution in [1.29, 1.82) is 0 Å². The average molecular weight is 351 g/mol. The first kappa shape index (κ1) is 17.0. The van der Waals surface area contributed by atoms with Gasteiger partial charge in [0.05, 0.1) is 23.3 Å². The van der Waals surface area contributed by atoms with Gasteiger partial charge in [-0.3, -0.25) is 9.69 Å². The van der Waals surface area contributed by atoms with E-state index >= 15 is 0 Å². The minimum Gasteiger partial charge on any atom is -0.327 e. The summed E-state index contributed by atoms with van der Waals surface area (Å²) in [7, 11) is 0. The van der Waals surface area contributed by atoms with Gasteiger partial charge in [-0.25, -0.2) is 9.97 Å². The first-order valence-electron chi connectivity index (χ1n) is 9.38. The van der Waals surface area contributed by atoms with E-state index in [4.69, 9.17) is 4.98 Å². The fraction of sp³-hybridized carbons (Fsp3) is 0.450. The largest absolute Gasteiger partial charge is 0.327 e. The van der Waals surface area contributed by atoms with E-state index in [1.807, 2.05) is 13.0 Å². The molecule has 0 aliphatic carbocycles. The lowest BCUT2D eigenvalue weighted by molar-refractivity contribution is 0.197. The molecule has 0 bridgehead atoms. The van der Waals surface area contributed by atoms with E-state index in [2.05, 4.69) is 44.6 Å². The first-order valence-corrected chi connectivity index (χ1v) is 9.38. The Morgan fingerprint density at radius 1 is 1.19 bits per heavy atom. The molecule has 3 heterocycles. The minimum atomic E-state index is -0.0495. The van der Waals surface area contributed by atoms with Crippen LogP contribution in [0.2, 0.25) is 0 Å². The smallest absolute Gasteiger partial charge is 0.251 e. The molecule has 0 amide bonds. The molecule has 6 heteroatoms. The highest BCUT2D eigenvalue weighted by atomic mass is 16.1. The van der Waals surface area contributed by atoms with E-state index in [1.165, 1.54) is 5.52 Å². The van der Waals surface area contributed by atoms with Gasteiger partial charge in [-0.15, -0.1) is 0 Å². The van der Waals surface area contributed by atoms with E-state index < -0.39 is 0 Å². The van der Waals surface area contributed by atoms with Gasteiger partial charge < -0.3 is 9.55 Å². The molecule has 3 aromatic rings. The normalized spacial score (nSPS) is 16.4. The van der Waals surface area contributed by atoms with E-state index in [0.717, 1.165) is 56.1 Å². The Balaban J connectivity index is 1.46. The van der Waals surface area contributed by atoms with Crippen LogP contribution in [-0.2, 0) is 13.1 Å². The molecule has 26 heavy (non-hydrogen) atoms. The van der Waals surface area contributed by atoms with Gasteiger partial charge in [-0.1, -0.05) is 12.1 Å². The highest BCUT2D eigenvalue weighted by molar-refractivity contribution is 5.75. The number of imidazole rings is 1. The number of fused-ring (bicyclic) bond motifs is 1. The average Bonchev–Trinajstić information content (AvgIpc) is 2.98. The number of likely N-dealkylation sites (tertiary alicyclic amines) is 1. The van der Waals surface area contributed by atoms with Crippen molar-refractivity contribution in [2.24, 2.45) is 0 Å². The number of nitrogens with one attached hydrogen (secondary N) is 1. The topological polar surface area (TPSA) is 66.8 Å². The second kappa shape index (κ2) is 7.03. The quantitative estimate of drug-likeness (QED) is 0.785. The van der Waals surface area contributed by atoms with Gasteiger partial charge in [-0.05, 0) is 51.9 Å². The molecule has 1 aromatic carbocycles. The molecule has 0 unspecified atom stereocenters. The summed E-state index contributed by atoms with van der Waals surface area (Å²) in [6, 6.07) is 9.99. The highest BCUT2D eigenvalue weighted by Crippen LogP contribution is 2.27. The number of piperidine rings is 1. The first-order chi connectivity index (χ1) is 12.6. The van der Waals surface area contributed by atoms with Gasteiger partial charge in [0.15, 0.2) is 0 Å². The van der Waals surface area contributed by atoms with Gasteiger partial charge in [0.1, 0.15) is 11.6 Å². The number of aromatic nitrogens is 4. The molecule has 1 N–H and O–H groups in total. The molecular weight excluding hydrogens is 326 g/mol. The Hall–Kier alpha value is -2.47. The molecule has 1 aliphatic rings. The zero-order valence-electron chi connectivity index (χ0n) is 15.4. The van der Waals surface area contributed by atoms with Crippen LogP contribution < -0.4 is 5.56 Å². The van der Waals surface area contributed by atoms with Crippen molar-refractivity contribution in [3.8, 4) is 0 Å². The third kappa shape index (κ3) is 3.29. The van der Waals surface area contributed by atoms with Crippen LogP contribution in [0, 0.1) is 6.92 Å². The molecule has 1 fully saturated rings. The molecule has 1 aliphatic heterocycles. The molecule has 0 spiro atoms. The highest BCUT2D eigenvalue weighted by Gasteiger charge is 2.23. The van der Waals surface area contributed by atoms with Crippen LogP contribution in [0.3, 0.4) is 0 Å². The Kier molecular flexibility index (Phi) is 4.59. The number of hydrogen-bond acceptors (Lipinski definition) is 4. The van der Waals surface area contributed by atoms with Crippen molar-refractivity contribution < 1.29 is 0 Å². The minimum absolute atomic E-state index is 0.0495. The summed E-state index contributed by atoms with van der Waals surface area (Å²) >= 11 is 0. The lowest BCUT2D eigenvalue weighted by atomic mass is 9.93. The third-order valence-corrected chi connectivity index (χ3v) is 5.30. The SMILES string of the molecule is CCn1c(CN2CCC(c3cc(=O)[nH]c(C)n3)CC2)nc2ccccc21. The molecular formula is C20H25N5O. The van der Waals surface area contributed by atoms with Crippen LogP contribution >= 0.6 is 0 Å². The van der Waals surface area contributed by atoms with Crippen LogP contribution in [0.5, 0.6) is 0 Å². The Labute approximate surface area is 152 Å². The van der Waals surface area contributed by atoms with E-state index in [-0.39, 0.29) is 5.56 Å². The molecule has 0 saturated carbocycles. The lowest BCUT2D eigenvalue weighted by Crippen LogP contribution is -2.34. The van der Waals surface area contributed by atoms with Crippen molar-refractivity contribution in [3.05, 3.63) is 58.0 Å². The van der Waals surface area contributed by atoms with Gasteiger partial charge in [-0.2, -0.15) is 0 Å². The van der Waals surface area contributed by atoms with Crippen LogP contribution in [0.1, 0.15) is 43.0 Å². The van der Waals surface area contributed by atoms with Crippen molar-refractivity contribution in [3.63, 3.8) is 0 Å². The summed E-state index contributed by atoms with van der Waals surface area (Å²) < 4.78 is 2.31. The standard InChI is InChI=1S/C20H25N5O/c1-3-25-18-7-5-4-6-16(18)23-19(25)13-24-10-8-15(9-11-24)17-12-20(26)22-14(2)21-17/h4-7,12,15H,3,8-11,13H2,1-2H3,(H,21,22,26). The summed E-state index contributed by atoms with van der Waals surface area (Å²) in [4.78, 5) is 26.3. The monoisotopic (exact) mass is 351 g/mol. The van der Waals surface area contributed by atoms with Crippen molar-refractivity contribution in [2.75, 3.05) is 13.1 Å². The maximum atomic E-state index is 11.7. The Morgan fingerprint density at radius 2 is 1.96 bits per heavy atom. The fourth-order valence-electron chi connectivity index (χ4n) is 4.00. The second-order valence-corrected chi connectivity index (χ2v) is 7.07. The Bertz CT molecular complexity index is 966. The van der Waals surface area contributed by atoms with Gasteiger partial charge in [0.2, 0.25) is 0 Å². The summed E-state index contributed by atoms with van der Waals surface area (Å²) in [5.41, 5.74) is 3.17. The van der Waals surface area contributed by atoms with Crippen LogP contribution in [0.15, 0.2) is 35.1 Å². The molecule has 0 radical (unpaired) electrons. The van der Waals surface area contributed by atoms with E-state index in [0.29, 0.717) is 11.7 Å². The van der Waals surface area contributed by atoms with E-state index in [9.17, 15) is 4.79 Å².